The summed E-state index contributed by atoms with van der Waals surface area (Å²) in [7, 11) is -2.76. The molecule has 0 aromatic heterocycles. The van der Waals surface area contributed by atoms with E-state index in [1.54, 1.807) is 0 Å². The van der Waals surface area contributed by atoms with Crippen molar-refractivity contribution in [1.82, 2.24) is 0 Å². The molecule has 0 fully saturated rings. The van der Waals surface area contributed by atoms with Crippen molar-refractivity contribution < 1.29 is 31.4 Å². The molecule has 0 saturated carbocycles. The second-order valence-corrected chi connectivity index (χ2v) is 6.59. The lowest BCUT2D eigenvalue weighted by atomic mass is 10.2. The highest BCUT2D eigenvalue weighted by atomic mass is 35.5. The maximum absolute atomic E-state index is 12.1. The van der Waals surface area contributed by atoms with E-state index in [0.717, 1.165) is 0 Å². The molecule has 0 bridgehead atoms. The Morgan fingerprint density at radius 1 is 1.40 bits per heavy atom. The Bertz CT molecular complexity index is 572. The summed E-state index contributed by atoms with van der Waals surface area (Å²) in [5, 5.41) is 8.86. The first-order chi connectivity index (χ1) is 9.05. The predicted molar refractivity (Wildman–Crippen MR) is 67.6 cm³/mol. The molecule has 0 amide bonds. The first-order valence-electron chi connectivity index (χ1n) is 5.33. The van der Waals surface area contributed by atoms with Crippen LogP contribution in [0.4, 0.5) is 13.2 Å². The van der Waals surface area contributed by atoms with E-state index in [-0.39, 0.29) is 10.6 Å². The van der Waals surface area contributed by atoms with E-state index in [2.05, 4.69) is 0 Å². The van der Waals surface area contributed by atoms with Gasteiger partial charge in [-0.15, -0.1) is 0 Å². The van der Waals surface area contributed by atoms with Crippen LogP contribution in [0.15, 0.2) is 18.2 Å². The predicted octanol–water partition coefficient (Wildman–Crippen LogP) is 2.19. The first kappa shape index (κ1) is 17.1. The quantitative estimate of drug-likeness (QED) is 0.897. The number of rotatable bonds is 5. The SMILES string of the molecule is COc1ccc(CS(=O)(=O)C[C@H](O)C(F)(F)F)c(Cl)c1. The molecule has 1 N–H and O–H groups in total. The molecular formula is C11H12ClF3O4S. The number of hydrogen-bond donors (Lipinski definition) is 1. The Hall–Kier alpha value is -0.990. The molecule has 4 nitrogen and oxygen atoms in total. The van der Waals surface area contributed by atoms with Crippen molar-refractivity contribution in [3.63, 3.8) is 0 Å². The highest BCUT2D eigenvalue weighted by Gasteiger charge is 2.41. The van der Waals surface area contributed by atoms with Crippen molar-refractivity contribution in [3.05, 3.63) is 28.8 Å². The zero-order chi connectivity index (χ0) is 15.6. The van der Waals surface area contributed by atoms with Crippen molar-refractivity contribution in [1.29, 1.82) is 0 Å². The van der Waals surface area contributed by atoms with Gasteiger partial charge in [-0.1, -0.05) is 17.7 Å². The second-order valence-electron chi connectivity index (χ2n) is 4.07. The molecule has 0 spiro atoms. The van der Waals surface area contributed by atoms with Crippen molar-refractivity contribution in [2.45, 2.75) is 18.0 Å². The first-order valence-corrected chi connectivity index (χ1v) is 7.53. The Morgan fingerprint density at radius 3 is 2.45 bits per heavy atom. The molecule has 0 aliphatic carbocycles. The molecule has 20 heavy (non-hydrogen) atoms. The second kappa shape index (κ2) is 6.19. The highest BCUT2D eigenvalue weighted by Crippen LogP contribution is 2.26. The largest absolute Gasteiger partial charge is 0.497 e. The number of hydrogen-bond acceptors (Lipinski definition) is 4. The van der Waals surface area contributed by atoms with E-state index in [1.165, 1.54) is 25.3 Å². The van der Waals surface area contributed by atoms with Gasteiger partial charge in [-0.05, 0) is 17.7 Å². The smallest absolute Gasteiger partial charge is 0.415 e. The van der Waals surface area contributed by atoms with Crippen LogP contribution < -0.4 is 4.74 Å². The van der Waals surface area contributed by atoms with Crippen molar-refractivity contribution in [2.24, 2.45) is 0 Å². The van der Waals surface area contributed by atoms with Crippen LogP contribution in [0.2, 0.25) is 5.02 Å². The van der Waals surface area contributed by atoms with E-state index in [0.29, 0.717) is 5.75 Å². The number of benzene rings is 1. The monoisotopic (exact) mass is 332 g/mol. The summed E-state index contributed by atoms with van der Waals surface area (Å²) in [6.07, 6.45) is -7.89. The van der Waals surface area contributed by atoms with Crippen LogP contribution >= 0.6 is 11.6 Å². The van der Waals surface area contributed by atoms with Crippen LogP contribution in [0.3, 0.4) is 0 Å². The van der Waals surface area contributed by atoms with E-state index in [9.17, 15) is 21.6 Å². The summed E-state index contributed by atoms with van der Waals surface area (Å²) in [4.78, 5) is 0. The highest BCUT2D eigenvalue weighted by molar-refractivity contribution is 7.90. The van der Waals surface area contributed by atoms with E-state index in [4.69, 9.17) is 21.4 Å². The van der Waals surface area contributed by atoms with Crippen molar-refractivity contribution >= 4 is 21.4 Å². The average Bonchev–Trinajstić information content (AvgIpc) is 2.29. The number of aliphatic hydroxyl groups is 1. The van der Waals surface area contributed by atoms with E-state index < -0.39 is 33.6 Å². The Labute approximate surface area is 119 Å². The summed E-state index contributed by atoms with van der Waals surface area (Å²) in [5.74, 6) is -1.70. The van der Waals surface area contributed by atoms with Gasteiger partial charge in [0, 0.05) is 5.02 Å². The number of methoxy groups -OCH3 is 1. The lowest BCUT2D eigenvalue weighted by molar-refractivity contribution is -0.196. The van der Waals surface area contributed by atoms with Gasteiger partial charge in [0.15, 0.2) is 15.9 Å². The number of alkyl halides is 3. The minimum Gasteiger partial charge on any atom is -0.497 e. The van der Waals surface area contributed by atoms with Gasteiger partial charge in [-0.25, -0.2) is 8.42 Å². The molecule has 1 aromatic rings. The van der Waals surface area contributed by atoms with Crippen LogP contribution in [0.25, 0.3) is 0 Å². The van der Waals surface area contributed by atoms with Crippen molar-refractivity contribution in [2.75, 3.05) is 12.9 Å². The molecule has 0 radical (unpaired) electrons. The normalized spacial score (nSPS) is 14.1. The Kier molecular flexibility index (Phi) is 5.28. The number of sulfone groups is 1. The van der Waals surface area contributed by atoms with Gasteiger partial charge in [0.05, 0.1) is 18.6 Å². The van der Waals surface area contributed by atoms with Gasteiger partial charge in [0.1, 0.15) is 5.75 Å². The third-order valence-corrected chi connectivity index (χ3v) is 4.35. The Morgan fingerprint density at radius 2 is 2.00 bits per heavy atom. The minimum atomic E-state index is -4.98. The number of ether oxygens (including phenoxy) is 1. The van der Waals surface area contributed by atoms with Crippen LogP contribution in [0.1, 0.15) is 5.56 Å². The zero-order valence-electron chi connectivity index (χ0n) is 10.3. The standard InChI is InChI=1S/C11H12ClF3O4S/c1-19-8-3-2-7(9(12)4-8)5-20(17,18)6-10(16)11(13,14)15/h2-4,10,16H,5-6H2,1H3/t10-/m0/s1. The van der Waals surface area contributed by atoms with Crippen LogP contribution in [-0.4, -0.2) is 38.7 Å². The molecule has 1 atom stereocenters. The summed E-state index contributed by atoms with van der Waals surface area (Å²) < 4.78 is 64.5. The van der Waals surface area contributed by atoms with Crippen molar-refractivity contribution in [3.8, 4) is 5.75 Å². The molecule has 0 unspecified atom stereocenters. The third-order valence-electron chi connectivity index (χ3n) is 2.43. The lowest BCUT2D eigenvalue weighted by Crippen LogP contribution is -2.35. The maximum atomic E-state index is 12.1. The summed E-state index contributed by atoms with van der Waals surface area (Å²) in [6, 6.07) is 4.14. The number of aliphatic hydroxyl groups excluding tert-OH is 1. The summed E-state index contributed by atoms with van der Waals surface area (Å²) in [5.41, 5.74) is 0.141. The molecule has 0 aliphatic heterocycles. The van der Waals surface area contributed by atoms with Gasteiger partial charge < -0.3 is 9.84 Å². The molecule has 114 valence electrons. The van der Waals surface area contributed by atoms with Gasteiger partial charge in [0.25, 0.3) is 0 Å². The van der Waals surface area contributed by atoms with E-state index in [1.807, 2.05) is 0 Å². The molecule has 0 heterocycles. The topological polar surface area (TPSA) is 63.6 Å². The average molecular weight is 333 g/mol. The molecule has 0 saturated heterocycles. The van der Waals surface area contributed by atoms with Gasteiger partial charge in [-0.3, -0.25) is 0 Å². The fourth-order valence-electron chi connectivity index (χ4n) is 1.40. The minimum absolute atomic E-state index is 0.0643. The summed E-state index contributed by atoms with van der Waals surface area (Å²) in [6.45, 7) is 0. The van der Waals surface area contributed by atoms with Gasteiger partial charge >= 0.3 is 6.18 Å². The van der Waals surface area contributed by atoms with Gasteiger partial charge in [0.2, 0.25) is 0 Å². The fourth-order valence-corrected chi connectivity index (χ4v) is 3.23. The maximum Gasteiger partial charge on any atom is 0.415 e. The van der Waals surface area contributed by atoms with Gasteiger partial charge in [-0.2, -0.15) is 13.2 Å². The molecule has 9 heteroatoms. The van der Waals surface area contributed by atoms with Crippen LogP contribution in [-0.2, 0) is 15.6 Å². The molecule has 1 rings (SSSR count). The summed E-state index contributed by atoms with van der Waals surface area (Å²) >= 11 is 5.81. The van der Waals surface area contributed by atoms with Crippen LogP contribution in [0.5, 0.6) is 5.75 Å². The van der Waals surface area contributed by atoms with E-state index >= 15 is 0 Å². The third kappa shape index (κ3) is 4.84. The zero-order valence-corrected chi connectivity index (χ0v) is 11.9. The molecular weight excluding hydrogens is 321 g/mol. The Balaban J connectivity index is 2.87. The molecule has 1 aromatic carbocycles. The fraction of sp³-hybridized carbons (Fsp3) is 0.455. The number of halogens is 4. The molecule has 0 aliphatic rings. The van der Waals surface area contributed by atoms with Crippen LogP contribution in [0, 0.1) is 0 Å². The lowest BCUT2D eigenvalue weighted by Gasteiger charge is -2.15.